The molecule has 0 radical (unpaired) electrons. The highest BCUT2D eigenvalue weighted by molar-refractivity contribution is 7.09. The number of aryl methyl sites for hydroxylation is 1. The fraction of sp³-hybridized carbons (Fsp3) is 0.640. The second-order valence-corrected chi connectivity index (χ2v) is 11.5. The summed E-state index contributed by atoms with van der Waals surface area (Å²) in [5.41, 5.74) is 0.133. The van der Waals surface area contributed by atoms with Crippen LogP contribution in [0.3, 0.4) is 0 Å². The minimum atomic E-state index is -0.938. The minimum absolute atomic E-state index is 0.0787. The molecule has 3 fully saturated rings. The van der Waals surface area contributed by atoms with Crippen LogP contribution in [0, 0.1) is 29.1 Å². The largest absolute Gasteiger partial charge is 0.339 e. The predicted molar refractivity (Wildman–Crippen MR) is 128 cm³/mol. The molecule has 4 heterocycles. The van der Waals surface area contributed by atoms with E-state index in [0.29, 0.717) is 45.4 Å². The molecule has 0 bridgehead atoms. The molecule has 5 rings (SSSR count). The lowest BCUT2D eigenvalue weighted by molar-refractivity contribution is -0.140. The van der Waals surface area contributed by atoms with Gasteiger partial charge in [-0.05, 0) is 40.0 Å². The lowest BCUT2D eigenvalue weighted by atomic mass is 9.75. The molecular formula is C25H32N6O2S. The number of hydrogen-bond donors (Lipinski definition) is 0. The Bertz CT molecular complexity index is 1140. The first-order valence-electron chi connectivity index (χ1n) is 12.2. The molecule has 2 atom stereocenters. The summed E-state index contributed by atoms with van der Waals surface area (Å²) in [5, 5.41) is 12.9. The molecule has 3 aliphatic rings. The number of amides is 2. The molecule has 2 aromatic rings. The molecule has 2 amide bonds. The minimum Gasteiger partial charge on any atom is -0.339 e. The molecule has 9 heteroatoms. The first-order chi connectivity index (χ1) is 16.3. The van der Waals surface area contributed by atoms with Crippen LogP contribution in [0.25, 0.3) is 0 Å². The molecule has 2 aliphatic heterocycles. The van der Waals surface area contributed by atoms with Gasteiger partial charge >= 0.3 is 0 Å². The third-order valence-corrected chi connectivity index (χ3v) is 8.87. The number of likely N-dealkylation sites (tertiary alicyclic amines) is 2. The fourth-order valence-corrected chi connectivity index (χ4v) is 6.67. The number of rotatable bonds is 5. The summed E-state index contributed by atoms with van der Waals surface area (Å²) >= 11 is 1.59. The maximum atomic E-state index is 14.0. The lowest BCUT2D eigenvalue weighted by Crippen LogP contribution is -2.43. The van der Waals surface area contributed by atoms with E-state index < -0.39 is 10.8 Å². The van der Waals surface area contributed by atoms with Gasteiger partial charge in [-0.1, -0.05) is 12.8 Å². The Morgan fingerprint density at radius 1 is 1.32 bits per heavy atom. The molecule has 1 spiro atoms. The Hall–Kier alpha value is -2.73. The highest BCUT2D eigenvalue weighted by Gasteiger charge is 2.60. The van der Waals surface area contributed by atoms with Crippen LogP contribution in [0.1, 0.15) is 74.3 Å². The van der Waals surface area contributed by atoms with Crippen molar-refractivity contribution in [1.29, 1.82) is 5.26 Å². The summed E-state index contributed by atoms with van der Waals surface area (Å²) in [4.78, 5) is 40.6. The van der Waals surface area contributed by atoms with Crippen LogP contribution < -0.4 is 0 Å². The van der Waals surface area contributed by atoms with Crippen molar-refractivity contribution in [3.8, 4) is 6.07 Å². The zero-order valence-electron chi connectivity index (χ0n) is 20.2. The van der Waals surface area contributed by atoms with Crippen LogP contribution in [0.4, 0.5) is 0 Å². The van der Waals surface area contributed by atoms with Gasteiger partial charge < -0.3 is 14.4 Å². The van der Waals surface area contributed by atoms with Gasteiger partial charge in [0.2, 0.25) is 11.8 Å². The summed E-state index contributed by atoms with van der Waals surface area (Å²) in [6.45, 7) is 8.10. The van der Waals surface area contributed by atoms with Crippen molar-refractivity contribution in [2.75, 3.05) is 19.6 Å². The fourth-order valence-electron chi connectivity index (χ4n) is 6.07. The molecule has 1 aliphatic carbocycles. The van der Waals surface area contributed by atoms with Crippen LogP contribution in [-0.4, -0.2) is 55.8 Å². The number of nitrogens with zero attached hydrogens (tertiary/aromatic N) is 6. The summed E-state index contributed by atoms with van der Waals surface area (Å²) in [5.74, 6) is -0.197. The maximum absolute atomic E-state index is 14.0. The Kier molecular flexibility index (Phi) is 5.75. The van der Waals surface area contributed by atoms with Crippen LogP contribution in [0.15, 0.2) is 17.9 Å². The maximum Gasteiger partial charge on any atom is 0.243 e. The zero-order valence-corrected chi connectivity index (χ0v) is 21.0. The molecule has 34 heavy (non-hydrogen) atoms. The number of carbonyl (C=O) groups excluding carboxylic acids is 2. The SMILES string of the molecule is Cc1nc(CN2CC[C@]3(CN(C(=O)C4(C#N)CCCC4)C[C@H]3c3cn(C(C)C)cn3)C2=O)cs1. The average Bonchev–Trinajstić information content (AvgIpc) is 3.63. The summed E-state index contributed by atoms with van der Waals surface area (Å²) < 4.78 is 2.05. The van der Waals surface area contributed by atoms with E-state index >= 15 is 0 Å². The standard InChI is InChI=1S/C25H32N6O2S/c1-17(2)31-12-21(27-16-31)20-11-30(22(32)24(14-26)6-4-5-7-24)15-25(20)8-9-29(23(25)33)10-19-13-34-18(3)28-19/h12-13,16-17,20H,4-11,15H2,1-3H3/t20-,25+/m0/s1. The molecule has 2 saturated heterocycles. The number of aromatic nitrogens is 3. The van der Waals surface area contributed by atoms with E-state index in [1.165, 1.54) is 0 Å². The van der Waals surface area contributed by atoms with Gasteiger partial charge in [0.1, 0.15) is 5.41 Å². The Morgan fingerprint density at radius 3 is 2.71 bits per heavy atom. The number of hydrogen-bond acceptors (Lipinski definition) is 6. The van der Waals surface area contributed by atoms with Crippen molar-refractivity contribution in [3.05, 3.63) is 34.3 Å². The van der Waals surface area contributed by atoms with Gasteiger partial charge in [0.25, 0.3) is 0 Å². The van der Waals surface area contributed by atoms with Crippen molar-refractivity contribution < 1.29 is 9.59 Å². The Labute approximate surface area is 204 Å². The van der Waals surface area contributed by atoms with Gasteiger partial charge in [-0.3, -0.25) is 9.59 Å². The third kappa shape index (κ3) is 3.63. The molecule has 1 saturated carbocycles. The van der Waals surface area contributed by atoms with E-state index in [-0.39, 0.29) is 23.8 Å². The van der Waals surface area contributed by atoms with Gasteiger partial charge in [0.05, 0.1) is 40.8 Å². The zero-order chi connectivity index (χ0) is 24.1. The van der Waals surface area contributed by atoms with Gasteiger partial charge in [0.15, 0.2) is 0 Å². The van der Waals surface area contributed by atoms with E-state index in [4.69, 9.17) is 4.98 Å². The number of imidazole rings is 1. The molecular weight excluding hydrogens is 448 g/mol. The van der Waals surface area contributed by atoms with Crippen molar-refractivity contribution in [2.45, 2.75) is 71.4 Å². The van der Waals surface area contributed by atoms with E-state index in [1.807, 2.05) is 34.6 Å². The van der Waals surface area contributed by atoms with E-state index in [0.717, 1.165) is 29.2 Å². The van der Waals surface area contributed by atoms with Gasteiger partial charge in [-0.25, -0.2) is 9.97 Å². The van der Waals surface area contributed by atoms with Crippen molar-refractivity contribution in [2.24, 2.45) is 10.8 Å². The smallest absolute Gasteiger partial charge is 0.243 e. The van der Waals surface area contributed by atoms with E-state index in [9.17, 15) is 14.9 Å². The van der Waals surface area contributed by atoms with Crippen molar-refractivity contribution in [3.63, 3.8) is 0 Å². The van der Waals surface area contributed by atoms with Gasteiger partial charge in [-0.15, -0.1) is 11.3 Å². The predicted octanol–water partition coefficient (Wildman–Crippen LogP) is 3.66. The first-order valence-corrected chi connectivity index (χ1v) is 13.1. The van der Waals surface area contributed by atoms with Crippen molar-refractivity contribution in [1.82, 2.24) is 24.3 Å². The summed E-state index contributed by atoms with van der Waals surface area (Å²) in [7, 11) is 0. The molecule has 2 aromatic heterocycles. The number of nitriles is 1. The molecule has 180 valence electrons. The van der Waals surface area contributed by atoms with E-state index in [2.05, 4.69) is 29.5 Å². The Balaban J connectivity index is 1.47. The average molecular weight is 481 g/mol. The second-order valence-electron chi connectivity index (χ2n) is 10.5. The Morgan fingerprint density at radius 2 is 2.09 bits per heavy atom. The summed E-state index contributed by atoms with van der Waals surface area (Å²) in [6.07, 6.45) is 7.56. The normalized spacial score (nSPS) is 26.2. The molecule has 0 N–H and O–H groups in total. The molecule has 0 unspecified atom stereocenters. The van der Waals surface area contributed by atoms with Gasteiger partial charge in [0, 0.05) is 43.2 Å². The van der Waals surface area contributed by atoms with Crippen molar-refractivity contribution >= 4 is 23.2 Å². The van der Waals surface area contributed by atoms with Crippen LogP contribution >= 0.6 is 11.3 Å². The number of carbonyl (C=O) groups is 2. The van der Waals surface area contributed by atoms with Crippen LogP contribution in [0.2, 0.25) is 0 Å². The summed E-state index contributed by atoms with van der Waals surface area (Å²) in [6, 6.07) is 2.61. The van der Waals surface area contributed by atoms with Crippen LogP contribution in [-0.2, 0) is 16.1 Å². The lowest BCUT2D eigenvalue weighted by Gasteiger charge is -2.29. The first kappa shape index (κ1) is 23.0. The number of thiazole rings is 1. The van der Waals surface area contributed by atoms with Gasteiger partial charge in [-0.2, -0.15) is 5.26 Å². The van der Waals surface area contributed by atoms with E-state index in [1.54, 1.807) is 11.3 Å². The molecule has 8 nitrogen and oxygen atoms in total. The molecule has 0 aromatic carbocycles. The second kappa shape index (κ2) is 8.49. The highest BCUT2D eigenvalue weighted by atomic mass is 32.1. The van der Waals surface area contributed by atoms with Crippen LogP contribution in [0.5, 0.6) is 0 Å². The monoisotopic (exact) mass is 480 g/mol. The topological polar surface area (TPSA) is 95.1 Å². The quantitative estimate of drug-likeness (QED) is 0.651. The third-order valence-electron chi connectivity index (χ3n) is 8.05. The highest BCUT2D eigenvalue weighted by Crippen LogP contribution is 2.51.